The molecule has 5 nitrogen and oxygen atoms in total. The predicted octanol–water partition coefficient (Wildman–Crippen LogP) is 2.06. The van der Waals surface area contributed by atoms with Gasteiger partial charge in [-0.1, -0.05) is 30.3 Å². The minimum Gasteiger partial charge on any atom is -0.356 e. The summed E-state index contributed by atoms with van der Waals surface area (Å²) in [5, 5.41) is 7.60. The quantitative estimate of drug-likeness (QED) is 0.504. The Balaban J connectivity index is 1.79. The van der Waals surface area contributed by atoms with E-state index in [9.17, 15) is 0 Å². The van der Waals surface area contributed by atoms with Gasteiger partial charge in [0, 0.05) is 33.9 Å². The highest BCUT2D eigenvalue weighted by Gasteiger charge is 2.02. The third-order valence-corrected chi connectivity index (χ3v) is 3.36. The van der Waals surface area contributed by atoms with E-state index in [2.05, 4.69) is 33.7 Å². The lowest BCUT2D eigenvalue weighted by atomic mass is 10.2. The fourth-order valence-corrected chi connectivity index (χ4v) is 2.20. The average Bonchev–Trinajstić information content (AvgIpc) is 2.92. The molecule has 0 bridgehead atoms. The van der Waals surface area contributed by atoms with Gasteiger partial charge in [0.15, 0.2) is 5.96 Å². The van der Waals surface area contributed by atoms with Gasteiger partial charge in [-0.15, -0.1) is 0 Å². The summed E-state index contributed by atoms with van der Waals surface area (Å²) in [6, 6.07) is 10.3. The zero-order valence-electron chi connectivity index (χ0n) is 13.7. The van der Waals surface area contributed by atoms with E-state index in [-0.39, 0.29) is 0 Å². The molecule has 0 aliphatic heterocycles. The standard InChI is InChI=1S/C17H25N5/c1-21(2)17(19-12-15-8-5-4-6-9-15)18-11-7-10-16-13-20-22(3)14-16/h4-6,8-9,13-14H,7,10-12H2,1-3H3,(H,18,19). The number of nitrogens with one attached hydrogen (secondary N) is 1. The molecule has 0 radical (unpaired) electrons. The molecule has 0 atom stereocenters. The SMILES string of the molecule is CN(C)C(=NCc1ccccc1)NCCCc1cnn(C)c1. The van der Waals surface area contributed by atoms with E-state index in [0.29, 0.717) is 6.54 Å². The van der Waals surface area contributed by atoms with Crippen molar-refractivity contribution < 1.29 is 0 Å². The van der Waals surface area contributed by atoms with Crippen LogP contribution in [-0.4, -0.2) is 41.3 Å². The summed E-state index contributed by atoms with van der Waals surface area (Å²) in [5.74, 6) is 0.926. The van der Waals surface area contributed by atoms with Crippen molar-refractivity contribution in [3.05, 3.63) is 53.9 Å². The summed E-state index contributed by atoms with van der Waals surface area (Å²) in [7, 11) is 5.97. The molecule has 22 heavy (non-hydrogen) atoms. The Morgan fingerprint density at radius 1 is 1.23 bits per heavy atom. The van der Waals surface area contributed by atoms with Crippen molar-refractivity contribution in [3.8, 4) is 0 Å². The fourth-order valence-electron chi connectivity index (χ4n) is 2.20. The number of benzene rings is 1. The van der Waals surface area contributed by atoms with Crippen molar-refractivity contribution >= 4 is 5.96 Å². The van der Waals surface area contributed by atoms with Crippen molar-refractivity contribution in [2.24, 2.45) is 12.0 Å². The van der Waals surface area contributed by atoms with Gasteiger partial charge in [-0.3, -0.25) is 4.68 Å². The molecule has 0 aliphatic rings. The van der Waals surface area contributed by atoms with E-state index >= 15 is 0 Å². The number of hydrogen-bond donors (Lipinski definition) is 1. The number of guanidine groups is 1. The van der Waals surface area contributed by atoms with E-state index in [4.69, 9.17) is 0 Å². The van der Waals surface area contributed by atoms with Crippen molar-refractivity contribution in [1.29, 1.82) is 0 Å². The maximum atomic E-state index is 4.66. The lowest BCUT2D eigenvalue weighted by molar-refractivity contribution is 0.574. The molecule has 0 saturated carbocycles. The molecule has 0 aliphatic carbocycles. The van der Waals surface area contributed by atoms with Gasteiger partial charge in [0.1, 0.15) is 0 Å². The molecular formula is C17H25N5. The number of aromatic nitrogens is 2. The number of aliphatic imine (C=N–C) groups is 1. The van der Waals surface area contributed by atoms with Crippen molar-refractivity contribution in [1.82, 2.24) is 20.0 Å². The van der Waals surface area contributed by atoms with Crippen LogP contribution in [0.25, 0.3) is 0 Å². The van der Waals surface area contributed by atoms with E-state index in [1.54, 1.807) is 0 Å². The van der Waals surface area contributed by atoms with Crippen LogP contribution in [0.15, 0.2) is 47.7 Å². The minimum atomic E-state index is 0.698. The first-order valence-electron chi connectivity index (χ1n) is 7.62. The first kappa shape index (κ1) is 16.1. The van der Waals surface area contributed by atoms with Crippen molar-refractivity contribution in [2.45, 2.75) is 19.4 Å². The van der Waals surface area contributed by atoms with Gasteiger partial charge in [0.05, 0.1) is 12.7 Å². The van der Waals surface area contributed by atoms with Crippen molar-refractivity contribution in [3.63, 3.8) is 0 Å². The maximum absolute atomic E-state index is 4.66. The molecule has 0 fully saturated rings. The smallest absolute Gasteiger partial charge is 0.193 e. The van der Waals surface area contributed by atoms with E-state index < -0.39 is 0 Å². The van der Waals surface area contributed by atoms with Crippen LogP contribution in [0.4, 0.5) is 0 Å². The monoisotopic (exact) mass is 299 g/mol. The number of rotatable bonds is 6. The largest absolute Gasteiger partial charge is 0.356 e. The van der Waals surface area contributed by atoms with Gasteiger partial charge < -0.3 is 10.2 Å². The van der Waals surface area contributed by atoms with Crippen LogP contribution >= 0.6 is 0 Å². The van der Waals surface area contributed by atoms with Crippen LogP contribution in [0.3, 0.4) is 0 Å². The molecule has 1 aromatic carbocycles. The predicted molar refractivity (Wildman–Crippen MR) is 90.8 cm³/mol. The van der Waals surface area contributed by atoms with Crippen LogP contribution < -0.4 is 5.32 Å². The second-order valence-corrected chi connectivity index (χ2v) is 5.57. The van der Waals surface area contributed by atoms with Gasteiger partial charge in [-0.25, -0.2) is 4.99 Å². The molecule has 2 rings (SSSR count). The third kappa shape index (κ3) is 5.24. The summed E-state index contributed by atoms with van der Waals surface area (Å²) in [4.78, 5) is 6.68. The van der Waals surface area contributed by atoms with Crippen LogP contribution in [-0.2, 0) is 20.0 Å². The molecule has 1 N–H and O–H groups in total. The minimum absolute atomic E-state index is 0.698. The van der Waals surface area contributed by atoms with Gasteiger partial charge in [0.25, 0.3) is 0 Å². The molecule has 1 heterocycles. The zero-order chi connectivity index (χ0) is 15.8. The van der Waals surface area contributed by atoms with Gasteiger partial charge >= 0.3 is 0 Å². The van der Waals surface area contributed by atoms with Crippen LogP contribution in [0.5, 0.6) is 0 Å². The van der Waals surface area contributed by atoms with Crippen LogP contribution in [0.2, 0.25) is 0 Å². The highest BCUT2D eigenvalue weighted by Crippen LogP contribution is 2.02. The topological polar surface area (TPSA) is 45.4 Å². The zero-order valence-corrected chi connectivity index (χ0v) is 13.7. The highest BCUT2D eigenvalue weighted by atomic mass is 15.3. The normalized spacial score (nSPS) is 11.5. The molecule has 0 amide bonds. The fraction of sp³-hybridized carbons (Fsp3) is 0.412. The van der Waals surface area contributed by atoms with Gasteiger partial charge in [-0.2, -0.15) is 5.10 Å². The van der Waals surface area contributed by atoms with Crippen molar-refractivity contribution in [2.75, 3.05) is 20.6 Å². The van der Waals surface area contributed by atoms with E-state index in [1.165, 1.54) is 11.1 Å². The Bertz CT molecular complexity index is 586. The number of nitrogens with zero attached hydrogens (tertiary/aromatic N) is 4. The molecule has 1 aromatic heterocycles. The Hall–Kier alpha value is -2.30. The lowest BCUT2D eigenvalue weighted by Gasteiger charge is -2.17. The second kappa shape index (κ2) is 8.22. The van der Waals surface area contributed by atoms with E-state index in [1.807, 2.05) is 55.1 Å². The average molecular weight is 299 g/mol. The van der Waals surface area contributed by atoms with E-state index in [0.717, 1.165) is 25.3 Å². The second-order valence-electron chi connectivity index (χ2n) is 5.57. The number of hydrogen-bond acceptors (Lipinski definition) is 2. The van der Waals surface area contributed by atoms with Gasteiger partial charge in [0.2, 0.25) is 0 Å². The number of aryl methyl sites for hydroxylation is 2. The third-order valence-electron chi connectivity index (χ3n) is 3.36. The molecular weight excluding hydrogens is 274 g/mol. The Morgan fingerprint density at radius 2 is 2.00 bits per heavy atom. The Labute approximate surface area is 132 Å². The summed E-state index contributed by atoms with van der Waals surface area (Å²) in [5.41, 5.74) is 2.50. The summed E-state index contributed by atoms with van der Waals surface area (Å²) in [6.07, 6.45) is 6.08. The molecule has 0 spiro atoms. The summed E-state index contributed by atoms with van der Waals surface area (Å²) < 4.78 is 1.84. The molecule has 5 heteroatoms. The molecule has 0 saturated heterocycles. The summed E-state index contributed by atoms with van der Waals surface area (Å²) >= 11 is 0. The summed E-state index contributed by atoms with van der Waals surface area (Å²) in [6.45, 7) is 1.60. The van der Waals surface area contributed by atoms with Crippen LogP contribution in [0, 0.1) is 0 Å². The Morgan fingerprint density at radius 3 is 2.64 bits per heavy atom. The molecule has 0 unspecified atom stereocenters. The molecule has 2 aromatic rings. The first-order valence-corrected chi connectivity index (χ1v) is 7.62. The van der Waals surface area contributed by atoms with Crippen LogP contribution in [0.1, 0.15) is 17.5 Å². The van der Waals surface area contributed by atoms with Gasteiger partial charge in [-0.05, 0) is 24.0 Å². The first-order chi connectivity index (χ1) is 10.6. The Kier molecular flexibility index (Phi) is 6.01. The highest BCUT2D eigenvalue weighted by molar-refractivity contribution is 5.79. The lowest BCUT2D eigenvalue weighted by Crippen LogP contribution is -2.37. The molecule has 118 valence electrons. The maximum Gasteiger partial charge on any atom is 0.193 e.